The van der Waals surface area contributed by atoms with Gasteiger partial charge in [0.15, 0.2) is 0 Å². The van der Waals surface area contributed by atoms with E-state index >= 15 is 0 Å². The number of carbonyl (C=O) groups is 1. The first-order valence-corrected chi connectivity index (χ1v) is 13.3. The third-order valence-corrected chi connectivity index (χ3v) is 8.69. The molecule has 6 nitrogen and oxygen atoms in total. The van der Waals surface area contributed by atoms with Crippen molar-refractivity contribution in [2.45, 2.75) is 31.2 Å². The van der Waals surface area contributed by atoms with Crippen molar-refractivity contribution in [1.29, 1.82) is 0 Å². The number of carbonyl (C=O) groups excluding carboxylic acids is 1. The first-order chi connectivity index (χ1) is 14.9. The van der Waals surface area contributed by atoms with Crippen LogP contribution in [0.2, 0.25) is 0 Å². The second-order valence-electron chi connectivity index (χ2n) is 8.13. The number of rotatable bonds is 6. The number of anilines is 1. The Morgan fingerprint density at radius 3 is 2.48 bits per heavy atom. The van der Waals surface area contributed by atoms with Crippen LogP contribution in [-0.2, 0) is 16.6 Å². The van der Waals surface area contributed by atoms with Gasteiger partial charge < -0.3 is 5.32 Å². The Morgan fingerprint density at radius 1 is 1.03 bits per heavy atom. The molecule has 2 aromatic carbocycles. The second-order valence-corrected chi connectivity index (χ2v) is 11.3. The van der Waals surface area contributed by atoms with E-state index in [0.717, 1.165) is 43.7 Å². The molecule has 2 aliphatic rings. The lowest BCUT2D eigenvalue weighted by Gasteiger charge is -2.26. The zero-order valence-corrected chi connectivity index (χ0v) is 19.5. The highest BCUT2D eigenvalue weighted by Gasteiger charge is 2.27. The van der Waals surface area contributed by atoms with Gasteiger partial charge in [0, 0.05) is 55.5 Å². The molecule has 8 heteroatoms. The summed E-state index contributed by atoms with van der Waals surface area (Å²) in [6.07, 6.45) is 1.76. The van der Waals surface area contributed by atoms with E-state index in [1.165, 1.54) is 27.4 Å². The van der Waals surface area contributed by atoms with Crippen molar-refractivity contribution < 1.29 is 13.2 Å². The molecule has 0 spiro atoms. The normalized spacial score (nSPS) is 18.2. The van der Waals surface area contributed by atoms with Gasteiger partial charge >= 0.3 is 0 Å². The quantitative estimate of drug-likeness (QED) is 0.715. The van der Waals surface area contributed by atoms with Crippen molar-refractivity contribution >= 4 is 33.4 Å². The van der Waals surface area contributed by atoms with Crippen molar-refractivity contribution in [2.75, 3.05) is 43.0 Å². The maximum absolute atomic E-state index is 12.8. The van der Waals surface area contributed by atoms with Gasteiger partial charge in [0.1, 0.15) is 0 Å². The van der Waals surface area contributed by atoms with E-state index in [0.29, 0.717) is 18.7 Å². The first-order valence-electron chi connectivity index (χ1n) is 10.7. The van der Waals surface area contributed by atoms with Gasteiger partial charge in [0.05, 0.1) is 4.90 Å². The molecule has 2 fully saturated rings. The molecule has 1 amide bonds. The fourth-order valence-corrected chi connectivity index (χ4v) is 6.59. The van der Waals surface area contributed by atoms with E-state index in [1.807, 2.05) is 24.8 Å². The van der Waals surface area contributed by atoms with Crippen LogP contribution >= 0.6 is 11.8 Å². The fourth-order valence-electron chi connectivity index (χ4n) is 4.05. The van der Waals surface area contributed by atoms with Crippen LogP contribution in [0, 0.1) is 6.92 Å². The summed E-state index contributed by atoms with van der Waals surface area (Å²) in [5, 5.41) is 2.94. The molecule has 31 heavy (non-hydrogen) atoms. The minimum atomic E-state index is -3.55. The van der Waals surface area contributed by atoms with E-state index in [-0.39, 0.29) is 10.8 Å². The van der Waals surface area contributed by atoms with Gasteiger partial charge in [-0.15, -0.1) is 0 Å². The predicted molar refractivity (Wildman–Crippen MR) is 126 cm³/mol. The number of amides is 1. The Hall–Kier alpha value is -1.87. The van der Waals surface area contributed by atoms with Crippen molar-refractivity contribution in [3.63, 3.8) is 0 Å². The van der Waals surface area contributed by atoms with E-state index in [4.69, 9.17) is 0 Å². The van der Waals surface area contributed by atoms with Crippen LogP contribution in [0.4, 0.5) is 5.69 Å². The van der Waals surface area contributed by atoms with Crippen LogP contribution in [0.25, 0.3) is 0 Å². The number of sulfonamides is 1. The van der Waals surface area contributed by atoms with Gasteiger partial charge in [0.2, 0.25) is 10.0 Å². The summed E-state index contributed by atoms with van der Waals surface area (Å²) >= 11 is 2.00. The number of nitrogens with zero attached hydrogens (tertiary/aromatic N) is 2. The molecule has 4 rings (SSSR count). The molecular weight excluding hydrogens is 430 g/mol. The monoisotopic (exact) mass is 459 g/mol. The molecule has 0 bridgehead atoms. The van der Waals surface area contributed by atoms with Gasteiger partial charge in [-0.1, -0.05) is 18.2 Å². The predicted octanol–water partition coefficient (Wildman–Crippen LogP) is 3.58. The molecule has 0 aromatic heterocycles. The topological polar surface area (TPSA) is 69.7 Å². The summed E-state index contributed by atoms with van der Waals surface area (Å²) in [6.45, 7) is 6.21. The molecule has 2 aliphatic heterocycles. The third-order valence-electron chi connectivity index (χ3n) is 5.85. The Labute approximate surface area is 189 Å². The molecule has 0 unspecified atom stereocenters. The minimum Gasteiger partial charge on any atom is -0.322 e. The molecule has 0 saturated carbocycles. The molecule has 2 saturated heterocycles. The lowest BCUT2D eigenvalue weighted by Crippen LogP contribution is -2.31. The highest BCUT2D eigenvalue weighted by molar-refractivity contribution is 7.99. The average molecular weight is 460 g/mol. The van der Waals surface area contributed by atoms with Crippen LogP contribution in [-0.4, -0.2) is 61.2 Å². The number of benzene rings is 2. The summed E-state index contributed by atoms with van der Waals surface area (Å²) < 4.78 is 27.1. The van der Waals surface area contributed by atoms with Crippen LogP contribution in [0.15, 0.2) is 47.4 Å². The molecule has 0 atom stereocenters. The molecular formula is C23H29N3O3S2. The Morgan fingerprint density at radius 2 is 1.77 bits per heavy atom. The average Bonchev–Trinajstić information content (AvgIpc) is 3.32. The highest BCUT2D eigenvalue weighted by atomic mass is 32.2. The maximum atomic E-state index is 12.8. The third kappa shape index (κ3) is 5.31. The van der Waals surface area contributed by atoms with Crippen LogP contribution < -0.4 is 5.32 Å². The Bertz CT molecular complexity index is 1040. The van der Waals surface area contributed by atoms with Gasteiger partial charge in [-0.25, -0.2) is 8.42 Å². The van der Waals surface area contributed by atoms with E-state index in [9.17, 15) is 13.2 Å². The number of hydrogen-bond acceptors (Lipinski definition) is 5. The standard InChI is InChI=1S/C23H29N3O3S2/c1-18-15-19(17-25-11-13-30-14-12-25)7-8-22(18)24-23(27)20-5-4-6-21(16-20)31(28,29)26-9-2-3-10-26/h4-8,15-16H,2-3,9-14,17H2,1H3,(H,24,27). The molecule has 2 heterocycles. The van der Waals surface area contributed by atoms with Gasteiger partial charge in [-0.05, 0) is 55.2 Å². The Kier molecular flexibility index (Phi) is 7.01. The van der Waals surface area contributed by atoms with Gasteiger partial charge in [-0.3, -0.25) is 9.69 Å². The fraction of sp³-hybridized carbons (Fsp3) is 0.435. The molecule has 2 aromatic rings. The lowest BCUT2D eigenvalue weighted by atomic mass is 10.1. The zero-order valence-electron chi connectivity index (χ0n) is 17.8. The summed E-state index contributed by atoms with van der Waals surface area (Å²) in [7, 11) is -3.55. The van der Waals surface area contributed by atoms with Gasteiger partial charge in [-0.2, -0.15) is 16.1 Å². The molecule has 1 N–H and O–H groups in total. The van der Waals surface area contributed by atoms with Crippen molar-refractivity contribution in [3.05, 3.63) is 59.2 Å². The van der Waals surface area contributed by atoms with Crippen molar-refractivity contribution in [2.24, 2.45) is 0 Å². The number of nitrogens with one attached hydrogen (secondary N) is 1. The van der Waals surface area contributed by atoms with Crippen molar-refractivity contribution in [3.8, 4) is 0 Å². The van der Waals surface area contributed by atoms with Gasteiger partial charge in [0.25, 0.3) is 5.91 Å². The number of aryl methyl sites for hydroxylation is 1. The first kappa shape index (κ1) is 22.3. The maximum Gasteiger partial charge on any atom is 0.255 e. The highest BCUT2D eigenvalue weighted by Crippen LogP contribution is 2.23. The van der Waals surface area contributed by atoms with Crippen LogP contribution in [0.5, 0.6) is 0 Å². The number of hydrogen-bond donors (Lipinski definition) is 1. The van der Waals surface area contributed by atoms with E-state index in [2.05, 4.69) is 22.3 Å². The minimum absolute atomic E-state index is 0.175. The zero-order chi connectivity index (χ0) is 21.8. The summed E-state index contributed by atoms with van der Waals surface area (Å²) in [5.41, 5.74) is 3.32. The van der Waals surface area contributed by atoms with Crippen LogP contribution in [0.1, 0.15) is 34.3 Å². The molecule has 0 radical (unpaired) electrons. The number of thioether (sulfide) groups is 1. The van der Waals surface area contributed by atoms with E-state index in [1.54, 1.807) is 18.2 Å². The second kappa shape index (κ2) is 9.73. The Balaban J connectivity index is 1.45. The summed E-state index contributed by atoms with van der Waals surface area (Å²) in [5.74, 6) is 2.06. The SMILES string of the molecule is Cc1cc(CN2CCSCC2)ccc1NC(=O)c1cccc(S(=O)(=O)N2CCCC2)c1. The van der Waals surface area contributed by atoms with Crippen molar-refractivity contribution in [1.82, 2.24) is 9.21 Å². The molecule has 166 valence electrons. The summed E-state index contributed by atoms with van der Waals surface area (Å²) in [4.78, 5) is 15.5. The van der Waals surface area contributed by atoms with E-state index < -0.39 is 10.0 Å². The molecule has 0 aliphatic carbocycles. The largest absolute Gasteiger partial charge is 0.322 e. The lowest BCUT2D eigenvalue weighted by molar-refractivity contribution is 0.102. The van der Waals surface area contributed by atoms with Crippen LogP contribution in [0.3, 0.4) is 0 Å². The smallest absolute Gasteiger partial charge is 0.255 e. The summed E-state index contributed by atoms with van der Waals surface area (Å²) in [6, 6.07) is 12.4.